The lowest BCUT2D eigenvalue weighted by molar-refractivity contribution is 0.461. The van der Waals surface area contributed by atoms with Gasteiger partial charge in [0.1, 0.15) is 5.75 Å². The second-order valence-electron chi connectivity index (χ2n) is 4.71. The van der Waals surface area contributed by atoms with Gasteiger partial charge in [0.15, 0.2) is 0 Å². The van der Waals surface area contributed by atoms with Crippen molar-refractivity contribution in [2.45, 2.75) is 26.4 Å². The van der Waals surface area contributed by atoms with Gasteiger partial charge in [-0.05, 0) is 29.8 Å². The molecule has 0 radical (unpaired) electrons. The molecule has 0 saturated carbocycles. The molecule has 0 amide bonds. The van der Waals surface area contributed by atoms with Crippen molar-refractivity contribution in [3.8, 4) is 11.6 Å². The van der Waals surface area contributed by atoms with Gasteiger partial charge in [-0.15, -0.1) is 0 Å². The van der Waals surface area contributed by atoms with Crippen LogP contribution in [0.1, 0.15) is 19.4 Å². The number of pyridine rings is 1. The first-order valence-corrected chi connectivity index (χ1v) is 7.11. The summed E-state index contributed by atoms with van der Waals surface area (Å²) in [6.45, 7) is 4.98. The minimum atomic E-state index is 0.429. The highest BCUT2D eigenvalue weighted by Crippen LogP contribution is 2.30. The van der Waals surface area contributed by atoms with Crippen molar-refractivity contribution in [3.63, 3.8) is 0 Å². The Morgan fingerprint density at radius 1 is 1.20 bits per heavy atom. The molecule has 0 bridgehead atoms. The highest BCUT2D eigenvalue weighted by molar-refractivity contribution is 6.35. The minimum absolute atomic E-state index is 0.429. The summed E-state index contributed by atoms with van der Waals surface area (Å²) in [5, 5.41) is 4.38. The molecule has 0 aliphatic heterocycles. The average Bonchev–Trinajstić information content (AvgIpc) is 2.40. The van der Waals surface area contributed by atoms with Gasteiger partial charge in [0.2, 0.25) is 5.88 Å². The van der Waals surface area contributed by atoms with Crippen molar-refractivity contribution in [2.75, 3.05) is 0 Å². The highest BCUT2D eigenvalue weighted by atomic mass is 35.5. The first kappa shape index (κ1) is 15.1. The fourth-order valence-corrected chi connectivity index (χ4v) is 2.06. The first-order valence-electron chi connectivity index (χ1n) is 6.36. The molecule has 0 saturated heterocycles. The Hall–Kier alpha value is -1.29. The fourth-order valence-electron chi connectivity index (χ4n) is 1.61. The van der Waals surface area contributed by atoms with Gasteiger partial charge in [0.25, 0.3) is 0 Å². The topological polar surface area (TPSA) is 34.2 Å². The van der Waals surface area contributed by atoms with Gasteiger partial charge in [-0.3, -0.25) is 0 Å². The van der Waals surface area contributed by atoms with Gasteiger partial charge in [0, 0.05) is 29.9 Å². The summed E-state index contributed by atoms with van der Waals surface area (Å²) in [4.78, 5) is 4.18. The molecule has 2 aromatic rings. The summed E-state index contributed by atoms with van der Waals surface area (Å²) in [5.41, 5.74) is 1.11. The third kappa shape index (κ3) is 4.37. The molecule has 1 N–H and O–H groups in total. The van der Waals surface area contributed by atoms with E-state index in [9.17, 15) is 0 Å². The van der Waals surface area contributed by atoms with Gasteiger partial charge < -0.3 is 10.1 Å². The number of hydrogen-bond acceptors (Lipinski definition) is 3. The summed E-state index contributed by atoms with van der Waals surface area (Å²) in [6.07, 6.45) is 1.72. The zero-order valence-corrected chi connectivity index (χ0v) is 12.9. The molecule has 0 aliphatic rings. The van der Waals surface area contributed by atoms with Crippen LogP contribution in [0.3, 0.4) is 0 Å². The summed E-state index contributed by atoms with van der Waals surface area (Å²) >= 11 is 11.9. The smallest absolute Gasteiger partial charge is 0.219 e. The molecule has 5 heteroatoms. The van der Waals surface area contributed by atoms with Crippen LogP contribution in [0.2, 0.25) is 10.0 Å². The molecular weight excluding hydrogens is 295 g/mol. The van der Waals surface area contributed by atoms with Gasteiger partial charge >= 0.3 is 0 Å². The van der Waals surface area contributed by atoms with Crippen molar-refractivity contribution >= 4 is 23.2 Å². The van der Waals surface area contributed by atoms with Crippen molar-refractivity contribution in [3.05, 3.63) is 52.1 Å². The molecule has 20 heavy (non-hydrogen) atoms. The molecule has 0 aliphatic carbocycles. The number of nitrogens with one attached hydrogen (secondary N) is 1. The molecule has 1 aromatic carbocycles. The molecule has 0 fully saturated rings. The number of ether oxygens (including phenoxy) is 1. The number of benzene rings is 1. The van der Waals surface area contributed by atoms with E-state index in [1.54, 1.807) is 24.4 Å². The Bertz CT molecular complexity index is 588. The third-order valence-electron chi connectivity index (χ3n) is 2.62. The van der Waals surface area contributed by atoms with E-state index in [2.05, 4.69) is 24.1 Å². The number of rotatable bonds is 5. The molecule has 1 heterocycles. The van der Waals surface area contributed by atoms with Crippen LogP contribution in [0.5, 0.6) is 11.6 Å². The minimum Gasteiger partial charge on any atom is -0.437 e. The molecule has 0 atom stereocenters. The van der Waals surface area contributed by atoms with Crippen LogP contribution in [0.25, 0.3) is 0 Å². The van der Waals surface area contributed by atoms with Crippen molar-refractivity contribution < 1.29 is 4.74 Å². The van der Waals surface area contributed by atoms with Gasteiger partial charge in [-0.1, -0.05) is 37.0 Å². The highest BCUT2D eigenvalue weighted by Gasteiger charge is 2.06. The quantitative estimate of drug-likeness (QED) is 0.870. The monoisotopic (exact) mass is 310 g/mol. The lowest BCUT2D eigenvalue weighted by Crippen LogP contribution is -2.21. The predicted molar refractivity (Wildman–Crippen MR) is 82.7 cm³/mol. The van der Waals surface area contributed by atoms with E-state index in [1.165, 1.54) is 0 Å². The largest absolute Gasteiger partial charge is 0.437 e. The lowest BCUT2D eigenvalue weighted by atomic mass is 10.2. The van der Waals surface area contributed by atoms with Crippen molar-refractivity contribution in [1.29, 1.82) is 0 Å². The Morgan fingerprint density at radius 3 is 2.70 bits per heavy atom. The molecule has 106 valence electrons. The first-order chi connectivity index (χ1) is 9.54. The maximum Gasteiger partial charge on any atom is 0.219 e. The summed E-state index contributed by atoms with van der Waals surface area (Å²) < 4.78 is 5.68. The van der Waals surface area contributed by atoms with Crippen LogP contribution in [0.15, 0.2) is 36.5 Å². The van der Waals surface area contributed by atoms with Crippen molar-refractivity contribution in [2.24, 2.45) is 0 Å². The summed E-state index contributed by atoms with van der Waals surface area (Å²) in [6, 6.07) is 9.37. The van der Waals surface area contributed by atoms with E-state index in [1.807, 2.05) is 12.1 Å². The normalized spacial score (nSPS) is 10.8. The lowest BCUT2D eigenvalue weighted by Gasteiger charge is -2.10. The SMILES string of the molecule is CC(C)NCc1ccnc(Oc2ccc(Cl)cc2Cl)c1. The molecule has 2 rings (SSSR count). The average molecular weight is 311 g/mol. The Labute approximate surface area is 128 Å². The molecule has 1 aromatic heterocycles. The molecule has 3 nitrogen and oxygen atoms in total. The zero-order chi connectivity index (χ0) is 14.5. The van der Waals surface area contributed by atoms with Gasteiger partial charge in [0.05, 0.1) is 5.02 Å². The van der Waals surface area contributed by atoms with Crippen LogP contribution >= 0.6 is 23.2 Å². The van der Waals surface area contributed by atoms with Crippen LogP contribution in [-0.4, -0.2) is 11.0 Å². The van der Waals surface area contributed by atoms with Crippen LogP contribution < -0.4 is 10.1 Å². The van der Waals surface area contributed by atoms with Crippen LogP contribution in [0, 0.1) is 0 Å². The standard InChI is InChI=1S/C15H16Cl2N2O/c1-10(2)19-9-11-5-6-18-15(7-11)20-14-4-3-12(16)8-13(14)17/h3-8,10,19H,9H2,1-2H3. The van der Waals surface area contributed by atoms with E-state index in [0.29, 0.717) is 27.7 Å². The summed E-state index contributed by atoms with van der Waals surface area (Å²) in [7, 11) is 0. The van der Waals surface area contributed by atoms with E-state index in [-0.39, 0.29) is 0 Å². The maximum atomic E-state index is 6.07. The van der Waals surface area contributed by atoms with Gasteiger partial charge in [-0.25, -0.2) is 4.98 Å². The Kier molecular flexibility index (Phi) is 5.24. The second-order valence-corrected chi connectivity index (χ2v) is 5.56. The molecule has 0 unspecified atom stereocenters. The van der Waals surface area contributed by atoms with E-state index < -0.39 is 0 Å². The van der Waals surface area contributed by atoms with E-state index >= 15 is 0 Å². The Balaban J connectivity index is 2.11. The van der Waals surface area contributed by atoms with Crippen LogP contribution in [0.4, 0.5) is 0 Å². The van der Waals surface area contributed by atoms with E-state index in [4.69, 9.17) is 27.9 Å². The fraction of sp³-hybridized carbons (Fsp3) is 0.267. The molecule has 0 spiro atoms. The predicted octanol–water partition coefficient (Wildman–Crippen LogP) is 4.68. The number of halogens is 2. The van der Waals surface area contributed by atoms with Crippen LogP contribution in [-0.2, 0) is 6.54 Å². The number of nitrogens with zero attached hydrogens (tertiary/aromatic N) is 1. The number of aromatic nitrogens is 1. The zero-order valence-electron chi connectivity index (χ0n) is 11.4. The Morgan fingerprint density at radius 2 is 2.00 bits per heavy atom. The maximum absolute atomic E-state index is 6.07. The van der Waals surface area contributed by atoms with Crippen molar-refractivity contribution in [1.82, 2.24) is 10.3 Å². The second kappa shape index (κ2) is 6.93. The molecular formula is C15H16Cl2N2O. The third-order valence-corrected chi connectivity index (χ3v) is 3.15. The number of hydrogen-bond donors (Lipinski definition) is 1. The van der Waals surface area contributed by atoms with E-state index in [0.717, 1.165) is 12.1 Å². The van der Waals surface area contributed by atoms with Gasteiger partial charge in [-0.2, -0.15) is 0 Å². The summed E-state index contributed by atoms with van der Waals surface area (Å²) in [5.74, 6) is 1.05.